The van der Waals surface area contributed by atoms with Crippen LogP contribution in [0.15, 0.2) is 28.7 Å². The van der Waals surface area contributed by atoms with Crippen LogP contribution >= 0.6 is 15.9 Å². The Morgan fingerprint density at radius 3 is 2.57 bits per heavy atom. The number of primary amides is 1. The van der Waals surface area contributed by atoms with Crippen molar-refractivity contribution in [1.82, 2.24) is 5.32 Å². The number of halogens is 1. The molecule has 0 saturated carbocycles. The highest BCUT2D eigenvalue weighted by atomic mass is 79.9. The molecule has 0 unspecified atom stereocenters. The van der Waals surface area contributed by atoms with Crippen LogP contribution in [0, 0.1) is 0 Å². The second-order valence-corrected chi connectivity index (χ2v) is 3.94. The molecular formula is C10H13BrN2O. The van der Waals surface area contributed by atoms with Crippen molar-refractivity contribution in [2.45, 2.75) is 13.0 Å². The lowest BCUT2D eigenvalue weighted by Crippen LogP contribution is -2.21. The molecule has 76 valence electrons. The van der Waals surface area contributed by atoms with Crippen molar-refractivity contribution in [3.05, 3.63) is 34.3 Å². The molecular weight excluding hydrogens is 244 g/mol. The molecule has 0 saturated heterocycles. The lowest BCUT2D eigenvalue weighted by atomic mass is 10.2. The van der Waals surface area contributed by atoms with Crippen LogP contribution in [0.5, 0.6) is 0 Å². The van der Waals surface area contributed by atoms with Crippen LogP contribution in [-0.2, 0) is 11.3 Å². The van der Waals surface area contributed by atoms with Crippen molar-refractivity contribution in [3.63, 3.8) is 0 Å². The number of nitrogens with two attached hydrogens (primary N) is 1. The summed E-state index contributed by atoms with van der Waals surface area (Å²) in [6.07, 6.45) is 0.385. The van der Waals surface area contributed by atoms with Crippen LogP contribution in [0.2, 0.25) is 0 Å². The van der Waals surface area contributed by atoms with E-state index in [1.807, 2.05) is 24.3 Å². The normalized spacial score (nSPS) is 10.1. The van der Waals surface area contributed by atoms with Crippen LogP contribution in [0.3, 0.4) is 0 Å². The van der Waals surface area contributed by atoms with Crippen molar-refractivity contribution >= 4 is 21.8 Å². The van der Waals surface area contributed by atoms with E-state index in [1.54, 1.807) is 0 Å². The van der Waals surface area contributed by atoms with Gasteiger partial charge in [-0.15, -0.1) is 0 Å². The van der Waals surface area contributed by atoms with Gasteiger partial charge in [-0.05, 0) is 17.7 Å². The van der Waals surface area contributed by atoms with Gasteiger partial charge in [0, 0.05) is 24.0 Å². The lowest BCUT2D eigenvalue weighted by molar-refractivity contribution is -0.117. The molecule has 0 aliphatic heterocycles. The summed E-state index contributed by atoms with van der Waals surface area (Å²) in [5, 5.41) is 3.14. The molecule has 0 bridgehead atoms. The Hall–Kier alpha value is -0.870. The Morgan fingerprint density at radius 2 is 2.00 bits per heavy atom. The minimum Gasteiger partial charge on any atom is -0.370 e. The van der Waals surface area contributed by atoms with Crippen molar-refractivity contribution in [2.75, 3.05) is 6.54 Å². The fourth-order valence-corrected chi connectivity index (χ4v) is 1.31. The number of hydrogen-bond donors (Lipinski definition) is 2. The summed E-state index contributed by atoms with van der Waals surface area (Å²) < 4.78 is 1.07. The third-order valence-electron chi connectivity index (χ3n) is 1.79. The average Bonchev–Trinajstić information content (AvgIpc) is 2.15. The first-order chi connectivity index (χ1) is 6.68. The molecule has 3 N–H and O–H groups in total. The summed E-state index contributed by atoms with van der Waals surface area (Å²) in [5.41, 5.74) is 6.20. The molecule has 3 nitrogen and oxygen atoms in total. The van der Waals surface area contributed by atoms with Gasteiger partial charge < -0.3 is 11.1 Å². The van der Waals surface area contributed by atoms with E-state index in [9.17, 15) is 4.79 Å². The van der Waals surface area contributed by atoms with E-state index in [-0.39, 0.29) is 5.91 Å². The Labute approximate surface area is 91.8 Å². The van der Waals surface area contributed by atoms with Gasteiger partial charge >= 0.3 is 0 Å². The largest absolute Gasteiger partial charge is 0.370 e. The number of hydrogen-bond acceptors (Lipinski definition) is 2. The third-order valence-corrected chi connectivity index (χ3v) is 2.32. The smallest absolute Gasteiger partial charge is 0.218 e. The lowest BCUT2D eigenvalue weighted by Gasteiger charge is -2.03. The zero-order valence-electron chi connectivity index (χ0n) is 7.79. The number of benzene rings is 1. The standard InChI is InChI=1S/C10H13BrN2O/c11-9-3-1-8(2-4-9)7-13-6-5-10(12)14/h1-4,13H,5-7H2,(H2,12,14). The first-order valence-electron chi connectivity index (χ1n) is 4.42. The fraction of sp³-hybridized carbons (Fsp3) is 0.300. The van der Waals surface area contributed by atoms with E-state index in [2.05, 4.69) is 21.2 Å². The van der Waals surface area contributed by atoms with Gasteiger partial charge in [0.15, 0.2) is 0 Å². The van der Waals surface area contributed by atoms with Gasteiger partial charge in [0.2, 0.25) is 5.91 Å². The van der Waals surface area contributed by atoms with Gasteiger partial charge in [0.05, 0.1) is 0 Å². The quantitative estimate of drug-likeness (QED) is 0.784. The van der Waals surface area contributed by atoms with Gasteiger partial charge in [-0.2, -0.15) is 0 Å². The van der Waals surface area contributed by atoms with Crippen LogP contribution < -0.4 is 11.1 Å². The fourth-order valence-electron chi connectivity index (χ4n) is 1.05. The molecule has 1 amide bonds. The molecule has 1 aromatic rings. The van der Waals surface area contributed by atoms with E-state index in [1.165, 1.54) is 5.56 Å². The summed E-state index contributed by atoms with van der Waals surface area (Å²) in [6, 6.07) is 8.04. The van der Waals surface area contributed by atoms with Crippen LogP contribution in [0.1, 0.15) is 12.0 Å². The second kappa shape index (κ2) is 5.78. The monoisotopic (exact) mass is 256 g/mol. The number of carbonyl (C=O) groups is 1. The van der Waals surface area contributed by atoms with Crippen molar-refractivity contribution in [1.29, 1.82) is 0 Å². The van der Waals surface area contributed by atoms with Crippen LogP contribution in [0.25, 0.3) is 0 Å². The molecule has 0 fully saturated rings. The van der Waals surface area contributed by atoms with E-state index in [0.717, 1.165) is 11.0 Å². The number of amides is 1. The summed E-state index contributed by atoms with van der Waals surface area (Å²) in [5.74, 6) is -0.270. The number of rotatable bonds is 5. The highest BCUT2D eigenvalue weighted by Crippen LogP contribution is 2.09. The first-order valence-corrected chi connectivity index (χ1v) is 5.21. The molecule has 1 rings (SSSR count). The highest BCUT2D eigenvalue weighted by molar-refractivity contribution is 9.10. The van der Waals surface area contributed by atoms with E-state index in [4.69, 9.17) is 5.73 Å². The number of carbonyl (C=O) groups excluding carboxylic acids is 1. The van der Waals surface area contributed by atoms with E-state index in [0.29, 0.717) is 13.0 Å². The first kappa shape index (κ1) is 11.2. The maximum absolute atomic E-state index is 10.4. The van der Waals surface area contributed by atoms with Gasteiger partial charge in [-0.3, -0.25) is 4.79 Å². The molecule has 0 aliphatic carbocycles. The maximum Gasteiger partial charge on any atom is 0.218 e. The Kier molecular flexibility index (Phi) is 4.62. The average molecular weight is 257 g/mol. The molecule has 0 atom stereocenters. The van der Waals surface area contributed by atoms with E-state index >= 15 is 0 Å². The van der Waals surface area contributed by atoms with Crippen molar-refractivity contribution in [2.24, 2.45) is 5.73 Å². The zero-order valence-corrected chi connectivity index (χ0v) is 9.38. The molecule has 0 aliphatic rings. The van der Waals surface area contributed by atoms with Gasteiger partial charge in [0.1, 0.15) is 0 Å². The van der Waals surface area contributed by atoms with E-state index < -0.39 is 0 Å². The molecule has 0 aromatic heterocycles. The molecule has 4 heteroatoms. The summed E-state index contributed by atoms with van der Waals surface area (Å²) in [7, 11) is 0. The summed E-state index contributed by atoms with van der Waals surface area (Å²) in [4.78, 5) is 10.4. The third kappa shape index (κ3) is 4.39. The number of nitrogens with one attached hydrogen (secondary N) is 1. The molecule has 1 aromatic carbocycles. The SMILES string of the molecule is NC(=O)CCNCc1ccc(Br)cc1. The summed E-state index contributed by atoms with van der Waals surface area (Å²) in [6.45, 7) is 1.39. The highest BCUT2D eigenvalue weighted by Gasteiger charge is 1.94. The molecule has 0 heterocycles. The molecule has 0 spiro atoms. The zero-order chi connectivity index (χ0) is 10.4. The Bertz CT molecular complexity index is 297. The van der Waals surface area contributed by atoms with Crippen molar-refractivity contribution in [3.8, 4) is 0 Å². The van der Waals surface area contributed by atoms with Gasteiger partial charge in [0.25, 0.3) is 0 Å². The van der Waals surface area contributed by atoms with Gasteiger partial charge in [-0.1, -0.05) is 28.1 Å². The topological polar surface area (TPSA) is 55.1 Å². The Morgan fingerprint density at radius 1 is 1.36 bits per heavy atom. The summed E-state index contributed by atoms with van der Waals surface area (Å²) >= 11 is 3.36. The maximum atomic E-state index is 10.4. The Balaban J connectivity index is 2.25. The van der Waals surface area contributed by atoms with Gasteiger partial charge in [-0.25, -0.2) is 0 Å². The predicted molar refractivity (Wildman–Crippen MR) is 59.7 cm³/mol. The minimum absolute atomic E-state index is 0.270. The van der Waals surface area contributed by atoms with Crippen LogP contribution in [-0.4, -0.2) is 12.5 Å². The van der Waals surface area contributed by atoms with Crippen LogP contribution in [0.4, 0.5) is 0 Å². The predicted octanol–water partition coefficient (Wildman–Crippen LogP) is 1.41. The second-order valence-electron chi connectivity index (χ2n) is 3.02. The molecule has 14 heavy (non-hydrogen) atoms. The minimum atomic E-state index is -0.270. The molecule has 0 radical (unpaired) electrons. The van der Waals surface area contributed by atoms with Crippen molar-refractivity contribution < 1.29 is 4.79 Å².